The Kier molecular flexibility index (Phi) is 4.64. The van der Waals surface area contributed by atoms with Crippen molar-refractivity contribution < 1.29 is 8.81 Å². The van der Waals surface area contributed by atoms with E-state index in [-0.39, 0.29) is 11.3 Å². The maximum absolute atomic E-state index is 15.0. The monoisotopic (exact) mass is 434 g/mol. The lowest BCUT2D eigenvalue weighted by Gasteiger charge is -2.35. The van der Waals surface area contributed by atoms with Gasteiger partial charge in [-0.1, -0.05) is 0 Å². The van der Waals surface area contributed by atoms with Crippen molar-refractivity contribution in [2.24, 2.45) is 0 Å². The molecular weight excluding hydrogens is 407 g/mol. The highest BCUT2D eigenvalue weighted by atomic mass is 19.1. The molecule has 7 nitrogen and oxygen atoms in total. The number of aryl methyl sites for hydroxylation is 2. The summed E-state index contributed by atoms with van der Waals surface area (Å²) >= 11 is 0. The van der Waals surface area contributed by atoms with Crippen molar-refractivity contribution in [1.82, 2.24) is 24.5 Å². The number of nitrogens with zero attached hydrogens (tertiary/aromatic N) is 6. The maximum atomic E-state index is 15.0. The van der Waals surface area contributed by atoms with Crippen LogP contribution in [-0.4, -0.2) is 56.7 Å². The van der Waals surface area contributed by atoms with Gasteiger partial charge in [-0.05, 0) is 76.4 Å². The van der Waals surface area contributed by atoms with Gasteiger partial charge in [0.05, 0.1) is 17.6 Å². The average molecular weight is 435 g/mol. The molecule has 3 aromatic heterocycles. The Bertz CT molecular complexity index is 1300. The number of hydrogen-bond acceptors (Lipinski definition) is 6. The molecule has 2 aliphatic heterocycles. The molecule has 5 heterocycles. The smallest absolute Gasteiger partial charge is 0.298 e. The molecule has 1 aromatic carbocycles. The molecule has 8 heteroatoms. The van der Waals surface area contributed by atoms with Gasteiger partial charge in [0.15, 0.2) is 17.0 Å². The Balaban J connectivity index is 1.29. The summed E-state index contributed by atoms with van der Waals surface area (Å²) in [5.41, 5.74) is 4.78. The average Bonchev–Trinajstić information content (AvgIpc) is 3.53. The van der Waals surface area contributed by atoms with Crippen molar-refractivity contribution in [3.8, 4) is 11.3 Å². The van der Waals surface area contributed by atoms with Gasteiger partial charge in [0, 0.05) is 24.7 Å². The zero-order chi connectivity index (χ0) is 21.8. The first kappa shape index (κ1) is 19.7. The largest absolute Gasteiger partial charge is 0.423 e. The Morgan fingerprint density at radius 2 is 1.78 bits per heavy atom. The molecule has 0 bridgehead atoms. The molecule has 0 aliphatic carbocycles. The van der Waals surface area contributed by atoms with Gasteiger partial charge >= 0.3 is 0 Å². The van der Waals surface area contributed by atoms with Crippen LogP contribution < -0.4 is 4.90 Å². The molecule has 2 fully saturated rings. The molecule has 6 rings (SSSR count). The van der Waals surface area contributed by atoms with E-state index in [9.17, 15) is 0 Å². The van der Waals surface area contributed by atoms with Crippen LogP contribution in [0, 0.1) is 19.7 Å². The highest BCUT2D eigenvalue weighted by Crippen LogP contribution is 2.31. The fourth-order valence-corrected chi connectivity index (χ4v) is 5.18. The number of benzene rings is 1. The quantitative estimate of drug-likeness (QED) is 0.478. The highest BCUT2D eigenvalue weighted by Gasteiger charge is 2.28. The lowest BCUT2D eigenvalue weighted by molar-refractivity contribution is 0.206. The topological polar surface area (TPSA) is 62.7 Å². The molecule has 32 heavy (non-hydrogen) atoms. The first-order valence-electron chi connectivity index (χ1n) is 11.5. The predicted octanol–water partition coefficient (Wildman–Crippen LogP) is 4.36. The van der Waals surface area contributed by atoms with Crippen LogP contribution in [0.15, 0.2) is 28.8 Å². The lowest BCUT2D eigenvalue weighted by atomic mass is 10.0. The molecule has 4 aromatic rings. The van der Waals surface area contributed by atoms with E-state index < -0.39 is 0 Å². The number of aromatic nitrogens is 4. The number of fused-ring (bicyclic) bond motifs is 2. The van der Waals surface area contributed by atoms with E-state index in [0.717, 1.165) is 42.8 Å². The minimum atomic E-state index is -0.388. The summed E-state index contributed by atoms with van der Waals surface area (Å²) in [4.78, 5) is 13.8. The van der Waals surface area contributed by atoms with E-state index in [1.54, 1.807) is 4.52 Å². The van der Waals surface area contributed by atoms with Gasteiger partial charge in [-0.25, -0.2) is 13.9 Å². The van der Waals surface area contributed by atoms with Gasteiger partial charge in [0.25, 0.3) is 6.01 Å². The van der Waals surface area contributed by atoms with Crippen molar-refractivity contribution in [3.63, 3.8) is 0 Å². The zero-order valence-electron chi connectivity index (χ0n) is 18.5. The van der Waals surface area contributed by atoms with E-state index in [4.69, 9.17) is 4.42 Å². The van der Waals surface area contributed by atoms with Crippen LogP contribution in [0.5, 0.6) is 0 Å². The molecule has 0 N–H and O–H groups in total. The van der Waals surface area contributed by atoms with Gasteiger partial charge in [0.1, 0.15) is 5.52 Å². The van der Waals surface area contributed by atoms with Crippen molar-refractivity contribution in [2.45, 2.75) is 45.6 Å². The summed E-state index contributed by atoms with van der Waals surface area (Å²) in [5, 5.41) is 4.63. The van der Waals surface area contributed by atoms with E-state index >= 15 is 4.39 Å². The zero-order valence-corrected chi connectivity index (χ0v) is 18.5. The first-order valence-corrected chi connectivity index (χ1v) is 11.5. The summed E-state index contributed by atoms with van der Waals surface area (Å²) in [7, 11) is 0. The van der Waals surface area contributed by atoms with Crippen LogP contribution in [0.3, 0.4) is 0 Å². The fraction of sp³-hybridized carbons (Fsp3) is 0.458. The van der Waals surface area contributed by atoms with Crippen molar-refractivity contribution in [1.29, 1.82) is 0 Å². The van der Waals surface area contributed by atoms with Crippen LogP contribution in [0.2, 0.25) is 0 Å². The molecule has 0 amide bonds. The summed E-state index contributed by atoms with van der Waals surface area (Å²) in [5.74, 6) is -0.388. The van der Waals surface area contributed by atoms with Crippen molar-refractivity contribution >= 4 is 22.8 Å². The third-order valence-electron chi connectivity index (χ3n) is 6.85. The molecule has 0 atom stereocenters. The molecule has 0 radical (unpaired) electrons. The van der Waals surface area contributed by atoms with Gasteiger partial charge < -0.3 is 14.2 Å². The number of halogens is 1. The van der Waals surface area contributed by atoms with E-state index in [1.807, 2.05) is 32.2 Å². The summed E-state index contributed by atoms with van der Waals surface area (Å²) < 4.78 is 22.8. The molecule has 0 spiro atoms. The normalized spacial score (nSPS) is 18.4. The van der Waals surface area contributed by atoms with Crippen LogP contribution in [-0.2, 0) is 0 Å². The second-order valence-corrected chi connectivity index (χ2v) is 9.13. The predicted molar refractivity (Wildman–Crippen MR) is 121 cm³/mol. The second-order valence-electron chi connectivity index (χ2n) is 9.13. The minimum absolute atomic E-state index is 0.279. The number of likely N-dealkylation sites (tertiary alicyclic amines) is 1. The number of piperidine rings is 1. The second kappa shape index (κ2) is 7.55. The maximum Gasteiger partial charge on any atom is 0.298 e. The van der Waals surface area contributed by atoms with Gasteiger partial charge in [-0.2, -0.15) is 10.1 Å². The minimum Gasteiger partial charge on any atom is -0.423 e. The number of oxazole rings is 1. The number of anilines is 1. The Hall–Kier alpha value is -3.00. The number of imidazole rings is 1. The highest BCUT2D eigenvalue weighted by molar-refractivity contribution is 5.81. The summed E-state index contributed by atoms with van der Waals surface area (Å²) in [6, 6.07) is 6.43. The Morgan fingerprint density at radius 1 is 1.00 bits per heavy atom. The molecule has 0 unspecified atom stereocenters. The third-order valence-corrected chi connectivity index (χ3v) is 6.85. The van der Waals surface area contributed by atoms with Crippen LogP contribution >= 0.6 is 0 Å². The first-order chi connectivity index (χ1) is 15.5. The molecule has 2 aliphatic rings. The van der Waals surface area contributed by atoms with Crippen molar-refractivity contribution in [2.75, 3.05) is 31.1 Å². The van der Waals surface area contributed by atoms with Crippen LogP contribution in [0.4, 0.5) is 10.4 Å². The SMILES string of the molecule is Cc1cn2nc(-c3cc(F)c4nc(N5CCC(N6CCCC6)CC5)oc4c3)cc(C)c2n1. The number of rotatable bonds is 3. The summed E-state index contributed by atoms with van der Waals surface area (Å²) in [6.45, 7) is 8.14. The summed E-state index contributed by atoms with van der Waals surface area (Å²) in [6.07, 6.45) is 6.70. The van der Waals surface area contributed by atoms with E-state index in [0.29, 0.717) is 28.9 Å². The molecule has 166 valence electrons. The Morgan fingerprint density at radius 3 is 2.56 bits per heavy atom. The molecule has 0 saturated carbocycles. The lowest BCUT2D eigenvalue weighted by Crippen LogP contribution is -2.43. The molecule has 2 saturated heterocycles. The number of hydrogen-bond donors (Lipinski definition) is 0. The van der Waals surface area contributed by atoms with Gasteiger partial charge in [-0.3, -0.25) is 0 Å². The van der Waals surface area contributed by atoms with Crippen molar-refractivity contribution in [3.05, 3.63) is 41.5 Å². The fourth-order valence-electron chi connectivity index (χ4n) is 5.18. The van der Waals surface area contributed by atoms with Gasteiger partial charge in [0.2, 0.25) is 0 Å². The van der Waals surface area contributed by atoms with Crippen LogP contribution in [0.1, 0.15) is 36.9 Å². The van der Waals surface area contributed by atoms with Crippen LogP contribution in [0.25, 0.3) is 28.0 Å². The van der Waals surface area contributed by atoms with E-state index in [1.165, 1.54) is 32.0 Å². The standard InChI is InChI=1S/C24H27FN6O/c1-15-11-20(28-31-14-16(2)26-23(15)31)17-12-19(25)22-21(13-17)32-24(27-22)30-9-5-18(6-10-30)29-7-3-4-8-29/h11-14,18H,3-10H2,1-2H3. The third kappa shape index (κ3) is 3.33. The molecular formula is C24H27FN6O. The Labute approximate surface area is 185 Å². The van der Waals surface area contributed by atoms with E-state index in [2.05, 4.69) is 24.9 Å². The van der Waals surface area contributed by atoms with Gasteiger partial charge in [-0.15, -0.1) is 0 Å².